The molecule has 0 amide bonds. The van der Waals surface area contributed by atoms with Gasteiger partial charge < -0.3 is 40.5 Å². The van der Waals surface area contributed by atoms with Crippen LogP contribution in [0.15, 0.2) is 11.0 Å². The van der Waals surface area contributed by atoms with Gasteiger partial charge in [0.05, 0.1) is 24.8 Å². The molecule has 2 heterocycles. The molecule has 39 heavy (non-hydrogen) atoms. The maximum Gasteiger partial charge on any atom is 0.490 e. The first kappa shape index (κ1) is 34.4. The topological polar surface area (TPSA) is 265 Å². The summed E-state index contributed by atoms with van der Waals surface area (Å²) in [6, 6.07) is 0. The smallest absolute Gasteiger partial charge is 0.382 e. The Morgan fingerprint density at radius 2 is 1.87 bits per heavy atom. The van der Waals surface area contributed by atoms with Crippen LogP contribution in [0.1, 0.15) is 39.0 Å². The van der Waals surface area contributed by atoms with Crippen molar-refractivity contribution in [2.75, 3.05) is 24.8 Å². The summed E-state index contributed by atoms with van der Waals surface area (Å²) < 4.78 is 59.4. The number of hydrogen-bond donors (Lipinski definition) is 6. The summed E-state index contributed by atoms with van der Waals surface area (Å²) in [5, 5.41) is 0. The monoisotopic (exact) mass is 654 g/mol. The molecule has 8 N–H and O–H groups in total. The summed E-state index contributed by atoms with van der Waals surface area (Å²) in [7, 11) is -13.8. The lowest BCUT2D eigenvalue weighted by molar-refractivity contribution is -0.0543. The minimum atomic E-state index is -5.70. The highest BCUT2D eigenvalue weighted by molar-refractivity contribution is 8.77. The Kier molecular flexibility index (Phi) is 12.3. The molecule has 1 aromatic rings. The number of nitrogens with zero attached hydrogens (tertiary/aromatic N) is 2. The second-order valence-electron chi connectivity index (χ2n) is 8.62. The van der Waals surface area contributed by atoms with E-state index in [0.29, 0.717) is 0 Å². The summed E-state index contributed by atoms with van der Waals surface area (Å²) in [4.78, 5) is 52.7. The molecule has 0 bridgehead atoms. The predicted octanol–water partition coefficient (Wildman–Crippen LogP) is 1.29. The van der Waals surface area contributed by atoms with Gasteiger partial charge >= 0.3 is 29.2 Å². The zero-order chi connectivity index (χ0) is 29.6. The molecule has 17 nitrogen and oxygen atoms in total. The summed E-state index contributed by atoms with van der Waals surface area (Å²) in [6.07, 6.45) is -1.60. The van der Waals surface area contributed by atoms with Gasteiger partial charge in [-0.3, -0.25) is 9.09 Å². The molecule has 2 rings (SSSR count). The number of hydrogen-bond acceptors (Lipinski definition) is 14. The molecule has 1 aliphatic heterocycles. The van der Waals surface area contributed by atoms with Crippen LogP contribution >= 0.6 is 45.1 Å². The van der Waals surface area contributed by atoms with Crippen molar-refractivity contribution in [3.8, 4) is 11.8 Å². The molecule has 222 valence electrons. The van der Waals surface area contributed by atoms with Crippen molar-refractivity contribution in [1.29, 1.82) is 0 Å². The van der Waals surface area contributed by atoms with Crippen LogP contribution in [0.2, 0.25) is 0 Å². The quantitative estimate of drug-likeness (QED) is 0.0609. The fourth-order valence-electron chi connectivity index (χ4n) is 2.91. The second kappa shape index (κ2) is 13.9. The average molecular weight is 654 g/mol. The summed E-state index contributed by atoms with van der Waals surface area (Å²) in [5.74, 6) is 5.30. The van der Waals surface area contributed by atoms with Crippen LogP contribution in [0.5, 0.6) is 0 Å². The summed E-state index contributed by atoms with van der Waals surface area (Å²) in [5.41, 5.74) is 10.6. The van der Waals surface area contributed by atoms with E-state index in [-0.39, 0.29) is 35.0 Å². The van der Waals surface area contributed by atoms with Gasteiger partial charge in [-0.1, -0.05) is 54.2 Å². The van der Waals surface area contributed by atoms with Crippen molar-refractivity contribution in [2.45, 2.75) is 50.4 Å². The third-order valence-electron chi connectivity index (χ3n) is 4.25. The van der Waals surface area contributed by atoms with E-state index in [1.165, 1.54) is 27.8 Å². The first-order valence-corrected chi connectivity index (χ1v) is 17.6. The minimum Gasteiger partial charge on any atom is -0.382 e. The Labute approximate surface area is 231 Å². The van der Waals surface area contributed by atoms with E-state index in [0.717, 1.165) is 4.57 Å². The van der Waals surface area contributed by atoms with Gasteiger partial charge in [-0.05, 0) is 0 Å². The van der Waals surface area contributed by atoms with E-state index in [2.05, 4.69) is 25.4 Å². The zero-order valence-electron chi connectivity index (χ0n) is 20.8. The summed E-state index contributed by atoms with van der Waals surface area (Å²) in [6.45, 7) is 5.25. The van der Waals surface area contributed by atoms with E-state index < -0.39 is 54.2 Å². The van der Waals surface area contributed by atoms with Gasteiger partial charge in [-0.2, -0.15) is 13.6 Å². The third kappa shape index (κ3) is 12.3. The highest BCUT2D eigenvalue weighted by Gasteiger charge is 2.43. The maximum atomic E-state index is 12.5. The molecule has 5 atom stereocenters. The highest BCUT2D eigenvalue weighted by atomic mass is 33.1. The molecule has 1 saturated heterocycles. The van der Waals surface area contributed by atoms with Gasteiger partial charge in [0.25, 0.3) is 0 Å². The molecule has 1 aromatic heterocycles. The number of aromatic nitrogens is 2. The first-order chi connectivity index (χ1) is 17.8. The van der Waals surface area contributed by atoms with Crippen molar-refractivity contribution >= 4 is 50.9 Å². The Bertz CT molecular complexity index is 1270. The van der Waals surface area contributed by atoms with E-state index in [4.69, 9.17) is 35.3 Å². The van der Waals surface area contributed by atoms with Gasteiger partial charge in [0, 0.05) is 17.4 Å². The lowest BCUT2D eigenvalue weighted by Gasteiger charge is -2.22. The Morgan fingerprint density at radius 1 is 1.21 bits per heavy atom. The normalized spacial score (nSPS) is 23.0. The SMILES string of the molecule is CC(C)(C)SSCOC1CC(n2cc(C#CCN)c(N)nc2=O)O[C@@H]1COP(=O)(O)OP(=O)(O)OP(=O)(O)O. The van der Waals surface area contributed by atoms with Crippen LogP contribution in [0.3, 0.4) is 0 Å². The highest BCUT2D eigenvalue weighted by Crippen LogP contribution is 2.66. The maximum absolute atomic E-state index is 12.5. The summed E-state index contributed by atoms with van der Waals surface area (Å²) >= 11 is 0. The Balaban J connectivity index is 2.21. The van der Waals surface area contributed by atoms with Crippen molar-refractivity contribution in [3.05, 3.63) is 22.2 Å². The fraction of sp³-hybridized carbons (Fsp3) is 0.647. The van der Waals surface area contributed by atoms with Gasteiger partial charge in [0.1, 0.15) is 24.1 Å². The van der Waals surface area contributed by atoms with Gasteiger partial charge in [-0.25, -0.2) is 18.5 Å². The zero-order valence-corrected chi connectivity index (χ0v) is 25.1. The fourth-order valence-corrected chi connectivity index (χ4v) is 7.95. The van der Waals surface area contributed by atoms with Crippen LogP contribution in [-0.2, 0) is 36.3 Å². The lowest BCUT2D eigenvalue weighted by atomic mass is 10.2. The minimum absolute atomic E-state index is 0.0291. The molecule has 0 radical (unpaired) electrons. The standard InChI is InChI=1S/C17H29N4O13P3S2/c1-17(2,3)39-38-10-30-12-7-14(21-8-11(5-4-6-18)15(19)20-16(21)22)32-13(12)9-31-36(26,27)34-37(28,29)33-35(23,24)25/h8,12-14H,6-7,9-10,18H2,1-3H3,(H,26,27)(H,28,29)(H2,19,20,22)(H2,23,24,25)/t12?,13-,14?/m1/s1. The van der Waals surface area contributed by atoms with Crippen molar-refractivity contribution in [3.63, 3.8) is 0 Å². The molecule has 0 aliphatic carbocycles. The molecule has 0 spiro atoms. The van der Waals surface area contributed by atoms with Crippen LogP contribution in [0.4, 0.5) is 5.82 Å². The number of phosphoric ester groups is 1. The lowest BCUT2D eigenvalue weighted by Crippen LogP contribution is -2.29. The number of nitrogen functional groups attached to an aromatic ring is 1. The van der Waals surface area contributed by atoms with E-state index in [1.54, 1.807) is 0 Å². The molecule has 22 heteroatoms. The van der Waals surface area contributed by atoms with Crippen LogP contribution in [0, 0.1) is 11.8 Å². The van der Waals surface area contributed by atoms with E-state index >= 15 is 0 Å². The van der Waals surface area contributed by atoms with Crippen molar-refractivity contribution < 1.29 is 55.9 Å². The van der Waals surface area contributed by atoms with Gasteiger partial charge in [0.15, 0.2) is 0 Å². The number of nitrogens with two attached hydrogens (primary N) is 2. The molecule has 1 fully saturated rings. The average Bonchev–Trinajstić information content (AvgIpc) is 3.14. The largest absolute Gasteiger partial charge is 0.490 e. The van der Waals surface area contributed by atoms with Crippen LogP contribution < -0.4 is 17.2 Å². The van der Waals surface area contributed by atoms with Crippen LogP contribution in [0.25, 0.3) is 0 Å². The number of anilines is 1. The number of phosphoric acid groups is 3. The molecular formula is C17H29N4O13P3S2. The van der Waals surface area contributed by atoms with Crippen LogP contribution in [-0.4, -0.2) is 65.2 Å². The first-order valence-electron chi connectivity index (χ1n) is 10.7. The van der Waals surface area contributed by atoms with Crippen molar-refractivity contribution in [2.24, 2.45) is 5.73 Å². The molecule has 1 aliphatic rings. The number of ether oxygens (including phenoxy) is 2. The van der Waals surface area contributed by atoms with E-state index in [9.17, 15) is 28.3 Å². The van der Waals surface area contributed by atoms with Gasteiger partial charge in [-0.15, -0.1) is 0 Å². The number of rotatable bonds is 12. The van der Waals surface area contributed by atoms with Crippen molar-refractivity contribution in [1.82, 2.24) is 9.55 Å². The second-order valence-corrected chi connectivity index (χ2v) is 16.1. The molecular weight excluding hydrogens is 625 g/mol. The molecule has 0 aromatic carbocycles. The Morgan fingerprint density at radius 3 is 2.46 bits per heavy atom. The van der Waals surface area contributed by atoms with Gasteiger partial charge in [0.2, 0.25) is 0 Å². The molecule has 0 saturated carbocycles. The Hall–Kier alpha value is -0.770. The predicted molar refractivity (Wildman–Crippen MR) is 142 cm³/mol. The molecule has 4 unspecified atom stereocenters. The third-order valence-corrected chi connectivity index (χ3v) is 11.0. The van der Waals surface area contributed by atoms with E-state index in [1.807, 2.05) is 20.8 Å².